The Bertz CT molecular complexity index is 697. The van der Waals surface area contributed by atoms with Crippen LogP contribution in [0, 0.1) is 29.6 Å². The minimum atomic E-state index is -0.746. The van der Waals surface area contributed by atoms with Crippen molar-refractivity contribution in [1.29, 1.82) is 0 Å². The summed E-state index contributed by atoms with van der Waals surface area (Å²) < 4.78 is 0. The molecule has 5 nitrogen and oxygen atoms in total. The van der Waals surface area contributed by atoms with Crippen molar-refractivity contribution in [3.63, 3.8) is 0 Å². The summed E-state index contributed by atoms with van der Waals surface area (Å²) in [7, 11) is 1.68. The number of nitrogens with one attached hydrogen (secondary N) is 1. The summed E-state index contributed by atoms with van der Waals surface area (Å²) in [5, 5.41) is 27.5. The van der Waals surface area contributed by atoms with Crippen LogP contribution >= 0.6 is 0 Å². The van der Waals surface area contributed by atoms with Crippen LogP contribution in [-0.4, -0.2) is 41.0 Å². The zero-order valence-electron chi connectivity index (χ0n) is 21.0. The molecule has 0 aromatic rings. The van der Waals surface area contributed by atoms with E-state index in [2.05, 4.69) is 16.9 Å². The van der Waals surface area contributed by atoms with Gasteiger partial charge in [0.05, 0.1) is 11.2 Å². The molecule has 4 aliphatic carbocycles. The summed E-state index contributed by atoms with van der Waals surface area (Å²) in [5.74, 6) is 2.23. The molecule has 0 spiro atoms. The Morgan fingerprint density at radius 3 is 2.24 bits per heavy atom. The van der Waals surface area contributed by atoms with Crippen molar-refractivity contribution < 1.29 is 10.2 Å². The van der Waals surface area contributed by atoms with E-state index < -0.39 is 11.2 Å². The van der Waals surface area contributed by atoms with Crippen LogP contribution in [0.2, 0.25) is 0 Å². The Morgan fingerprint density at radius 2 is 1.58 bits per heavy atom. The molecule has 0 radical (unpaired) electrons. The van der Waals surface area contributed by atoms with Gasteiger partial charge in [-0.05, 0) is 93.8 Å². The standard InChI is InChI=1S/C28H49N3O2/c1-20(21-9-5-3-6-10-21)22-13-16-28(33,23-11-7-4-8-12-23)24-14-15-27(32,25(24)19-22)17-18-31-26(29)30-2/h21-25,32-33H,1,3-19H2,2H3,(H3,29,30,31). The van der Waals surface area contributed by atoms with Crippen LogP contribution < -0.4 is 11.1 Å². The predicted molar refractivity (Wildman–Crippen MR) is 136 cm³/mol. The molecule has 0 bridgehead atoms. The summed E-state index contributed by atoms with van der Waals surface area (Å²) in [4.78, 5) is 3.99. The van der Waals surface area contributed by atoms with Crippen LogP contribution in [0.3, 0.4) is 0 Å². The van der Waals surface area contributed by atoms with Gasteiger partial charge in [0.25, 0.3) is 0 Å². The fourth-order valence-electron chi connectivity index (χ4n) is 8.21. The number of hydrogen-bond donors (Lipinski definition) is 4. The summed E-state index contributed by atoms with van der Waals surface area (Å²) in [6.45, 7) is 5.28. The van der Waals surface area contributed by atoms with Crippen molar-refractivity contribution >= 4 is 5.96 Å². The smallest absolute Gasteiger partial charge is 0.188 e. The third kappa shape index (κ3) is 5.29. The molecule has 4 aliphatic rings. The largest absolute Gasteiger partial charge is 0.390 e. The number of hydrogen-bond acceptors (Lipinski definition) is 3. The molecule has 5 heteroatoms. The van der Waals surface area contributed by atoms with Crippen molar-refractivity contribution in [2.45, 2.75) is 114 Å². The Morgan fingerprint density at radius 1 is 0.909 bits per heavy atom. The second kappa shape index (κ2) is 10.7. The number of allylic oxidation sites excluding steroid dienone is 1. The molecule has 4 rings (SSSR count). The number of fused-ring (bicyclic) bond motifs is 1. The molecule has 0 aromatic heterocycles. The molecule has 0 aromatic carbocycles. The monoisotopic (exact) mass is 459 g/mol. The van der Waals surface area contributed by atoms with Gasteiger partial charge in [0.1, 0.15) is 0 Å². The lowest BCUT2D eigenvalue weighted by Crippen LogP contribution is -2.49. The van der Waals surface area contributed by atoms with Gasteiger partial charge in [0, 0.05) is 13.6 Å². The zero-order chi connectivity index (χ0) is 23.5. The van der Waals surface area contributed by atoms with Gasteiger partial charge in [-0.3, -0.25) is 4.99 Å². The number of aliphatic imine (C=N–C) groups is 1. The van der Waals surface area contributed by atoms with E-state index in [1.165, 1.54) is 56.9 Å². The molecule has 5 N–H and O–H groups in total. The van der Waals surface area contributed by atoms with Crippen LogP contribution in [0.15, 0.2) is 17.1 Å². The Kier molecular flexibility index (Phi) is 8.10. The second-order valence-electron chi connectivity index (χ2n) is 11.8. The maximum absolute atomic E-state index is 12.3. The molecule has 0 aliphatic heterocycles. The minimum Gasteiger partial charge on any atom is -0.390 e. The maximum atomic E-state index is 12.3. The Balaban J connectivity index is 1.57. The summed E-state index contributed by atoms with van der Waals surface area (Å²) in [6.07, 6.45) is 18.0. The van der Waals surface area contributed by atoms with Gasteiger partial charge >= 0.3 is 0 Å². The minimum absolute atomic E-state index is 0.138. The topological polar surface area (TPSA) is 90.9 Å². The first-order chi connectivity index (χ1) is 15.9. The van der Waals surface area contributed by atoms with Gasteiger partial charge in [0.15, 0.2) is 5.96 Å². The van der Waals surface area contributed by atoms with E-state index in [1.807, 2.05) is 0 Å². The summed E-state index contributed by atoms with van der Waals surface area (Å²) in [6, 6.07) is 0. The van der Waals surface area contributed by atoms with Gasteiger partial charge in [0.2, 0.25) is 0 Å². The van der Waals surface area contributed by atoms with Gasteiger partial charge < -0.3 is 21.3 Å². The van der Waals surface area contributed by atoms with E-state index >= 15 is 0 Å². The highest BCUT2D eigenvalue weighted by Crippen LogP contribution is 2.58. The van der Waals surface area contributed by atoms with Crippen LogP contribution in [0.4, 0.5) is 0 Å². The van der Waals surface area contributed by atoms with Crippen molar-refractivity contribution in [3.05, 3.63) is 12.2 Å². The third-order valence-electron chi connectivity index (χ3n) is 10.2. The molecule has 4 saturated carbocycles. The van der Waals surface area contributed by atoms with E-state index in [0.29, 0.717) is 36.7 Å². The molecule has 4 fully saturated rings. The average molecular weight is 460 g/mol. The van der Waals surface area contributed by atoms with Crippen molar-refractivity contribution in [1.82, 2.24) is 5.32 Å². The predicted octanol–water partition coefficient (Wildman–Crippen LogP) is 4.92. The van der Waals surface area contributed by atoms with Gasteiger partial charge in [-0.2, -0.15) is 0 Å². The van der Waals surface area contributed by atoms with E-state index in [9.17, 15) is 10.2 Å². The first-order valence-electron chi connectivity index (χ1n) is 14.0. The highest BCUT2D eigenvalue weighted by Gasteiger charge is 2.58. The number of nitrogens with zero attached hydrogens (tertiary/aromatic N) is 1. The van der Waals surface area contributed by atoms with E-state index in [1.54, 1.807) is 7.05 Å². The van der Waals surface area contributed by atoms with Crippen molar-refractivity contribution in [2.75, 3.05) is 13.6 Å². The van der Waals surface area contributed by atoms with E-state index in [-0.39, 0.29) is 11.8 Å². The first-order valence-corrected chi connectivity index (χ1v) is 14.0. The lowest BCUT2D eigenvalue weighted by atomic mass is 9.65. The second-order valence-corrected chi connectivity index (χ2v) is 11.8. The molecular weight excluding hydrogens is 410 g/mol. The van der Waals surface area contributed by atoms with Crippen LogP contribution in [-0.2, 0) is 0 Å². The zero-order valence-corrected chi connectivity index (χ0v) is 21.0. The lowest BCUT2D eigenvalue weighted by molar-refractivity contribution is -0.113. The quantitative estimate of drug-likeness (QED) is 0.258. The molecule has 188 valence electrons. The molecule has 5 unspecified atom stereocenters. The third-order valence-corrected chi connectivity index (χ3v) is 10.2. The van der Waals surface area contributed by atoms with Gasteiger partial charge in [-0.25, -0.2) is 0 Å². The first kappa shape index (κ1) is 25.0. The fraction of sp³-hybridized carbons (Fsp3) is 0.893. The van der Waals surface area contributed by atoms with Gasteiger partial charge in [-0.1, -0.05) is 50.7 Å². The highest BCUT2D eigenvalue weighted by molar-refractivity contribution is 5.77. The van der Waals surface area contributed by atoms with Crippen molar-refractivity contribution in [3.8, 4) is 0 Å². The molecule has 5 atom stereocenters. The van der Waals surface area contributed by atoms with Crippen LogP contribution in [0.5, 0.6) is 0 Å². The van der Waals surface area contributed by atoms with Crippen molar-refractivity contribution in [2.24, 2.45) is 40.3 Å². The summed E-state index contributed by atoms with van der Waals surface area (Å²) >= 11 is 0. The Hall–Kier alpha value is -1.07. The number of aliphatic hydroxyl groups is 2. The molecule has 33 heavy (non-hydrogen) atoms. The van der Waals surface area contributed by atoms with Gasteiger partial charge in [-0.15, -0.1) is 0 Å². The normalized spacial score (nSPS) is 39.1. The Labute approximate surface area is 201 Å². The SMILES string of the molecule is C=C(C1CCCCC1)C1CCC(O)(C2CCCCC2)C2CCC(O)(CCNC(N)=NC)C2C1. The lowest BCUT2D eigenvalue weighted by Gasteiger charge is -2.45. The molecule has 0 heterocycles. The molecule has 0 saturated heterocycles. The molecule has 0 amide bonds. The van der Waals surface area contributed by atoms with E-state index in [0.717, 1.165) is 44.9 Å². The highest BCUT2D eigenvalue weighted by atomic mass is 16.3. The maximum Gasteiger partial charge on any atom is 0.188 e. The number of guanidine groups is 1. The number of nitrogens with two attached hydrogens (primary N) is 1. The fourth-order valence-corrected chi connectivity index (χ4v) is 8.21. The average Bonchev–Trinajstić information content (AvgIpc) is 3.08. The molecular formula is C28H49N3O2. The number of rotatable bonds is 6. The van der Waals surface area contributed by atoms with E-state index in [4.69, 9.17) is 5.73 Å². The van der Waals surface area contributed by atoms with Crippen LogP contribution in [0.25, 0.3) is 0 Å². The van der Waals surface area contributed by atoms with Crippen LogP contribution in [0.1, 0.15) is 103 Å². The summed E-state index contributed by atoms with van der Waals surface area (Å²) in [5.41, 5.74) is 5.90.